The Kier molecular flexibility index (Phi) is 4.24. The van der Waals surface area contributed by atoms with E-state index in [4.69, 9.17) is 0 Å². The molecule has 0 bridgehead atoms. The van der Waals surface area contributed by atoms with Gasteiger partial charge in [0.1, 0.15) is 0 Å². The Bertz CT molecular complexity index is 117. The third-order valence-corrected chi connectivity index (χ3v) is 1.89. The van der Waals surface area contributed by atoms with Gasteiger partial charge >= 0.3 is 0 Å². The lowest BCUT2D eigenvalue weighted by Crippen LogP contribution is -2.35. The molecule has 0 saturated heterocycles. The Morgan fingerprint density at radius 1 is 1.18 bits per heavy atom. The second-order valence-electron chi connectivity index (χ2n) is 3.51. The average molecular weight is 155 g/mol. The molecule has 0 aromatic rings. The van der Waals surface area contributed by atoms with E-state index >= 15 is 0 Å². The highest BCUT2D eigenvalue weighted by molar-refractivity contribution is 4.95. The molecule has 0 aliphatic rings. The number of allylic oxidation sites excluding steroid dienone is 1. The lowest BCUT2D eigenvalue weighted by atomic mass is 10.2. The van der Waals surface area contributed by atoms with E-state index < -0.39 is 0 Å². The van der Waals surface area contributed by atoms with Crippen molar-refractivity contribution in [2.24, 2.45) is 0 Å². The molecule has 0 spiro atoms. The van der Waals surface area contributed by atoms with Crippen LogP contribution in [0.25, 0.3) is 0 Å². The van der Waals surface area contributed by atoms with Crippen LogP contribution in [0.5, 0.6) is 0 Å². The Hall–Kier alpha value is -0.460. The van der Waals surface area contributed by atoms with Crippen molar-refractivity contribution in [1.82, 2.24) is 4.90 Å². The molecule has 66 valence electrons. The van der Waals surface area contributed by atoms with Crippen molar-refractivity contribution >= 4 is 0 Å². The van der Waals surface area contributed by atoms with Gasteiger partial charge in [0.15, 0.2) is 0 Å². The SMILES string of the molecule is C=C(CC)N(C(C)C)C(C)C. The maximum absolute atomic E-state index is 4.04. The molecule has 1 nitrogen and oxygen atoms in total. The topological polar surface area (TPSA) is 3.24 Å². The molecule has 0 saturated carbocycles. The van der Waals surface area contributed by atoms with E-state index in [0.717, 1.165) is 6.42 Å². The highest BCUT2D eigenvalue weighted by Gasteiger charge is 2.12. The van der Waals surface area contributed by atoms with Crippen LogP contribution in [0.4, 0.5) is 0 Å². The third kappa shape index (κ3) is 2.96. The summed E-state index contributed by atoms with van der Waals surface area (Å²) in [7, 11) is 0. The van der Waals surface area contributed by atoms with Crippen LogP contribution in [0, 0.1) is 0 Å². The highest BCUT2D eigenvalue weighted by Crippen LogP contribution is 2.14. The van der Waals surface area contributed by atoms with E-state index in [1.165, 1.54) is 5.70 Å². The Labute approximate surface area is 71.1 Å². The molecular formula is C10H21N. The molecule has 11 heavy (non-hydrogen) atoms. The largest absolute Gasteiger partial charge is 0.370 e. The van der Waals surface area contributed by atoms with E-state index in [2.05, 4.69) is 46.1 Å². The Morgan fingerprint density at radius 3 is 1.64 bits per heavy atom. The molecule has 0 aromatic carbocycles. The molecule has 0 atom stereocenters. The molecule has 1 heteroatoms. The first-order valence-corrected chi connectivity index (χ1v) is 4.46. The standard InChI is InChI=1S/C10H21N/c1-7-10(6)11(8(2)3)9(4)5/h8-9H,6-7H2,1-5H3. The summed E-state index contributed by atoms with van der Waals surface area (Å²) in [6.07, 6.45) is 1.05. The van der Waals surface area contributed by atoms with Crippen LogP contribution in [-0.2, 0) is 0 Å². The van der Waals surface area contributed by atoms with Gasteiger partial charge in [-0.05, 0) is 34.1 Å². The second-order valence-corrected chi connectivity index (χ2v) is 3.51. The summed E-state index contributed by atoms with van der Waals surface area (Å²) in [5.41, 5.74) is 1.25. The maximum Gasteiger partial charge on any atom is 0.0233 e. The van der Waals surface area contributed by atoms with E-state index in [1.54, 1.807) is 0 Å². The second kappa shape index (κ2) is 4.42. The maximum atomic E-state index is 4.04. The first-order chi connectivity index (χ1) is 5.00. The number of rotatable bonds is 4. The Balaban J connectivity index is 4.22. The van der Waals surface area contributed by atoms with Crippen molar-refractivity contribution < 1.29 is 0 Å². The van der Waals surface area contributed by atoms with Crippen LogP contribution >= 0.6 is 0 Å². The molecule has 0 heterocycles. The monoisotopic (exact) mass is 155 g/mol. The fraction of sp³-hybridized carbons (Fsp3) is 0.800. The molecule has 0 aromatic heterocycles. The molecule has 0 amide bonds. The molecule has 0 fully saturated rings. The van der Waals surface area contributed by atoms with Crippen molar-refractivity contribution in [3.63, 3.8) is 0 Å². The van der Waals surface area contributed by atoms with E-state index in [1.807, 2.05) is 0 Å². The van der Waals surface area contributed by atoms with E-state index in [9.17, 15) is 0 Å². The van der Waals surface area contributed by atoms with Gasteiger partial charge in [0.25, 0.3) is 0 Å². The van der Waals surface area contributed by atoms with E-state index in [0.29, 0.717) is 12.1 Å². The van der Waals surface area contributed by atoms with Gasteiger partial charge in [-0.15, -0.1) is 0 Å². The summed E-state index contributed by atoms with van der Waals surface area (Å²) < 4.78 is 0. The summed E-state index contributed by atoms with van der Waals surface area (Å²) in [5.74, 6) is 0. The number of nitrogens with zero attached hydrogens (tertiary/aromatic N) is 1. The first kappa shape index (κ1) is 10.5. The minimum atomic E-state index is 0.572. The minimum absolute atomic E-state index is 0.572. The zero-order valence-electron chi connectivity index (χ0n) is 8.52. The van der Waals surface area contributed by atoms with Crippen LogP contribution in [0.3, 0.4) is 0 Å². The van der Waals surface area contributed by atoms with Gasteiger partial charge in [-0.25, -0.2) is 0 Å². The highest BCUT2D eigenvalue weighted by atomic mass is 15.2. The summed E-state index contributed by atoms with van der Waals surface area (Å²) in [4.78, 5) is 2.36. The lowest BCUT2D eigenvalue weighted by Gasteiger charge is -2.34. The summed E-state index contributed by atoms with van der Waals surface area (Å²) >= 11 is 0. The van der Waals surface area contributed by atoms with Gasteiger partial charge in [0.2, 0.25) is 0 Å². The number of hydrogen-bond acceptors (Lipinski definition) is 1. The van der Waals surface area contributed by atoms with Gasteiger partial charge in [-0.3, -0.25) is 0 Å². The lowest BCUT2D eigenvalue weighted by molar-refractivity contribution is 0.226. The molecule has 0 aliphatic heterocycles. The minimum Gasteiger partial charge on any atom is -0.370 e. The zero-order valence-corrected chi connectivity index (χ0v) is 8.52. The van der Waals surface area contributed by atoms with Crippen LogP contribution in [-0.4, -0.2) is 17.0 Å². The van der Waals surface area contributed by atoms with Crippen LogP contribution in [0.2, 0.25) is 0 Å². The van der Waals surface area contributed by atoms with Crippen molar-refractivity contribution in [1.29, 1.82) is 0 Å². The molecule has 0 N–H and O–H groups in total. The molecular weight excluding hydrogens is 134 g/mol. The molecule has 0 rings (SSSR count). The predicted molar refractivity (Wildman–Crippen MR) is 51.5 cm³/mol. The zero-order chi connectivity index (χ0) is 9.02. The summed E-state index contributed by atoms with van der Waals surface area (Å²) in [6.45, 7) is 15.0. The number of hydrogen-bond donors (Lipinski definition) is 0. The van der Waals surface area contributed by atoms with Gasteiger partial charge in [-0.2, -0.15) is 0 Å². The molecule has 0 unspecified atom stereocenters. The Morgan fingerprint density at radius 2 is 1.55 bits per heavy atom. The fourth-order valence-electron chi connectivity index (χ4n) is 1.51. The van der Waals surface area contributed by atoms with Crippen molar-refractivity contribution in [2.45, 2.75) is 53.1 Å². The molecule has 0 radical (unpaired) electrons. The van der Waals surface area contributed by atoms with Gasteiger partial charge in [0.05, 0.1) is 0 Å². The van der Waals surface area contributed by atoms with Gasteiger partial charge < -0.3 is 4.90 Å². The van der Waals surface area contributed by atoms with Crippen LogP contribution in [0.1, 0.15) is 41.0 Å². The summed E-state index contributed by atoms with van der Waals surface area (Å²) in [6, 6.07) is 1.14. The normalized spacial score (nSPS) is 10.8. The van der Waals surface area contributed by atoms with Crippen molar-refractivity contribution in [3.05, 3.63) is 12.3 Å². The average Bonchev–Trinajstić information content (AvgIpc) is 1.85. The van der Waals surface area contributed by atoms with Crippen molar-refractivity contribution in [3.8, 4) is 0 Å². The fourth-order valence-corrected chi connectivity index (χ4v) is 1.51. The van der Waals surface area contributed by atoms with E-state index in [-0.39, 0.29) is 0 Å². The quantitative estimate of drug-likeness (QED) is 0.603. The van der Waals surface area contributed by atoms with Crippen LogP contribution in [0.15, 0.2) is 12.3 Å². The third-order valence-electron chi connectivity index (χ3n) is 1.89. The smallest absolute Gasteiger partial charge is 0.0233 e. The first-order valence-electron chi connectivity index (χ1n) is 4.46. The van der Waals surface area contributed by atoms with Crippen LogP contribution < -0.4 is 0 Å². The predicted octanol–water partition coefficient (Wildman–Crippen LogP) is 3.03. The van der Waals surface area contributed by atoms with Gasteiger partial charge in [0, 0.05) is 17.8 Å². The van der Waals surface area contributed by atoms with Gasteiger partial charge in [-0.1, -0.05) is 13.5 Å². The van der Waals surface area contributed by atoms with Crippen molar-refractivity contribution in [2.75, 3.05) is 0 Å². The summed E-state index contributed by atoms with van der Waals surface area (Å²) in [5, 5.41) is 0. The molecule has 0 aliphatic carbocycles.